The number of benzene rings is 4. The quantitative estimate of drug-likeness (QED) is 0.284. The predicted octanol–water partition coefficient (Wildman–Crippen LogP) is 5.98. The summed E-state index contributed by atoms with van der Waals surface area (Å²) in [6.07, 6.45) is 0.185. The molecule has 5 nitrogen and oxygen atoms in total. The summed E-state index contributed by atoms with van der Waals surface area (Å²) in [7, 11) is 1.61. The lowest BCUT2D eigenvalue weighted by Gasteiger charge is -2.32. The SMILES string of the molecule is COc1ccc(CN(C(=O)Cc2ccccc2)[C@@H](C(=O)NCc2ccc(Cl)cc2)c2ccccc2)cc1. The fourth-order valence-corrected chi connectivity index (χ4v) is 4.25. The molecule has 0 aliphatic carbocycles. The van der Waals surface area contributed by atoms with E-state index in [1.807, 2.05) is 97.1 Å². The Labute approximate surface area is 222 Å². The lowest BCUT2D eigenvalue weighted by Crippen LogP contribution is -2.43. The molecule has 4 aromatic rings. The van der Waals surface area contributed by atoms with Crippen LogP contribution in [0.2, 0.25) is 5.02 Å². The molecule has 1 atom stereocenters. The number of carbonyl (C=O) groups excluding carboxylic acids is 2. The van der Waals surface area contributed by atoms with Crippen LogP contribution in [0, 0.1) is 0 Å². The highest BCUT2D eigenvalue weighted by atomic mass is 35.5. The van der Waals surface area contributed by atoms with Crippen LogP contribution in [0.3, 0.4) is 0 Å². The van der Waals surface area contributed by atoms with Crippen LogP contribution in [0.25, 0.3) is 0 Å². The molecule has 0 aliphatic heterocycles. The van der Waals surface area contributed by atoms with Gasteiger partial charge in [0.25, 0.3) is 0 Å². The first-order valence-corrected chi connectivity index (χ1v) is 12.4. The zero-order valence-corrected chi connectivity index (χ0v) is 21.4. The van der Waals surface area contributed by atoms with E-state index < -0.39 is 6.04 Å². The van der Waals surface area contributed by atoms with Gasteiger partial charge in [-0.15, -0.1) is 0 Å². The Bertz CT molecular complexity index is 1290. The lowest BCUT2D eigenvalue weighted by molar-refractivity contribution is -0.141. The van der Waals surface area contributed by atoms with E-state index in [1.54, 1.807) is 24.1 Å². The van der Waals surface area contributed by atoms with Gasteiger partial charge in [-0.3, -0.25) is 9.59 Å². The largest absolute Gasteiger partial charge is 0.497 e. The van der Waals surface area contributed by atoms with Gasteiger partial charge in [0.2, 0.25) is 11.8 Å². The molecule has 0 fully saturated rings. The number of rotatable bonds is 10. The molecule has 0 spiro atoms. The van der Waals surface area contributed by atoms with Crippen molar-refractivity contribution in [3.63, 3.8) is 0 Å². The van der Waals surface area contributed by atoms with Gasteiger partial charge in [-0.2, -0.15) is 0 Å². The van der Waals surface area contributed by atoms with Crippen molar-refractivity contribution in [2.45, 2.75) is 25.6 Å². The molecule has 0 saturated heterocycles. The average molecular weight is 513 g/mol. The topological polar surface area (TPSA) is 58.6 Å². The summed E-state index contributed by atoms with van der Waals surface area (Å²) in [4.78, 5) is 29.2. The van der Waals surface area contributed by atoms with Gasteiger partial charge in [0.1, 0.15) is 11.8 Å². The summed E-state index contributed by atoms with van der Waals surface area (Å²) in [5, 5.41) is 3.66. The Hall–Kier alpha value is -4.09. The Balaban J connectivity index is 1.66. The minimum Gasteiger partial charge on any atom is -0.497 e. The highest BCUT2D eigenvalue weighted by molar-refractivity contribution is 6.30. The van der Waals surface area contributed by atoms with E-state index in [9.17, 15) is 9.59 Å². The van der Waals surface area contributed by atoms with Crippen molar-refractivity contribution in [1.29, 1.82) is 0 Å². The van der Waals surface area contributed by atoms with Gasteiger partial charge in [0.15, 0.2) is 0 Å². The minimum atomic E-state index is -0.813. The first kappa shape index (κ1) is 26.0. The molecule has 6 heteroatoms. The molecule has 4 rings (SSSR count). The molecule has 0 unspecified atom stereocenters. The number of carbonyl (C=O) groups is 2. The average Bonchev–Trinajstić information content (AvgIpc) is 2.94. The Kier molecular flexibility index (Phi) is 8.95. The van der Waals surface area contributed by atoms with Crippen LogP contribution in [-0.4, -0.2) is 23.8 Å². The second-order valence-electron chi connectivity index (χ2n) is 8.69. The lowest BCUT2D eigenvalue weighted by atomic mass is 10.0. The van der Waals surface area contributed by atoms with Crippen LogP contribution in [0.15, 0.2) is 109 Å². The molecule has 0 aromatic heterocycles. The monoisotopic (exact) mass is 512 g/mol. The van der Waals surface area contributed by atoms with Crippen molar-refractivity contribution in [2.24, 2.45) is 0 Å². The molecule has 0 aliphatic rings. The summed E-state index contributed by atoms with van der Waals surface area (Å²) in [5.74, 6) is 0.333. The van der Waals surface area contributed by atoms with Crippen LogP contribution >= 0.6 is 11.6 Å². The van der Waals surface area contributed by atoms with Crippen molar-refractivity contribution >= 4 is 23.4 Å². The van der Waals surface area contributed by atoms with Crippen molar-refractivity contribution in [3.8, 4) is 5.75 Å². The minimum absolute atomic E-state index is 0.141. The molecule has 0 bridgehead atoms. The van der Waals surface area contributed by atoms with Gasteiger partial charge in [0, 0.05) is 18.1 Å². The van der Waals surface area contributed by atoms with Crippen molar-refractivity contribution < 1.29 is 14.3 Å². The van der Waals surface area contributed by atoms with E-state index in [-0.39, 0.29) is 24.8 Å². The van der Waals surface area contributed by atoms with Gasteiger partial charge in [0.05, 0.1) is 13.5 Å². The van der Waals surface area contributed by atoms with Crippen LogP contribution in [0.1, 0.15) is 28.3 Å². The van der Waals surface area contributed by atoms with E-state index in [0.29, 0.717) is 11.6 Å². The van der Waals surface area contributed by atoms with E-state index in [2.05, 4.69) is 5.32 Å². The maximum absolute atomic E-state index is 13.8. The zero-order chi connectivity index (χ0) is 26.0. The van der Waals surface area contributed by atoms with Crippen LogP contribution < -0.4 is 10.1 Å². The highest BCUT2D eigenvalue weighted by Gasteiger charge is 2.31. The van der Waals surface area contributed by atoms with E-state index >= 15 is 0 Å². The van der Waals surface area contributed by atoms with Gasteiger partial charge in [-0.25, -0.2) is 0 Å². The maximum atomic E-state index is 13.8. The third kappa shape index (κ3) is 7.21. The highest BCUT2D eigenvalue weighted by Crippen LogP contribution is 2.26. The first-order valence-electron chi connectivity index (χ1n) is 12.1. The van der Waals surface area contributed by atoms with E-state index in [0.717, 1.165) is 28.0 Å². The number of ether oxygens (including phenoxy) is 1. The molecule has 37 heavy (non-hydrogen) atoms. The van der Waals surface area contributed by atoms with Crippen molar-refractivity contribution in [1.82, 2.24) is 10.2 Å². The second-order valence-corrected chi connectivity index (χ2v) is 9.13. The normalized spacial score (nSPS) is 11.4. The summed E-state index contributed by atoms with van der Waals surface area (Å²) >= 11 is 6.00. The van der Waals surface area contributed by atoms with Crippen LogP contribution in [0.5, 0.6) is 5.75 Å². The molecular weight excluding hydrogens is 484 g/mol. The number of methoxy groups -OCH3 is 1. The van der Waals surface area contributed by atoms with Crippen LogP contribution in [-0.2, 0) is 29.1 Å². The second kappa shape index (κ2) is 12.7. The number of halogens is 1. The number of amides is 2. The smallest absolute Gasteiger partial charge is 0.247 e. The van der Waals surface area contributed by atoms with Gasteiger partial charge in [-0.1, -0.05) is 96.5 Å². The molecule has 188 valence electrons. The number of nitrogens with zero attached hydrogens (tertiary/aromatic N) is 1. The Morgan fingerprint density at radius 3 is 2.00 bits per heavy atom. The number of hydrogen-bond donors (Lipinski definition) is 1. The predicted molar refractivity (Wildman–Crippen MR) is 146 cm³/mol. The fraction of sp³-hybridized carbons (Fsp3) is 0.161. The Morgan fingerprint density at radius 1 is 0.784 bits per heavy atom. The fourth-order valence-electron chi connectivity index (χ4n) is 4.12. The third-order valence-corrected chi connectivity index (χ3v) is 6.34. The first-order chi connectivity index (χ1) is 18.0. The molecule has 2 amide bonds. The Morgan fingerprint density at radius 2 is 1.38 bits per heavy atom. The molecule has 0 saturated carbocycles. The summed E-state index contributed by atoms with van der Waals surface area (Å²) in [6, 6.07) is 33.0. The zero-order valence-electron chi connectivity index (χ0n) is 20.6. The molecule has 0 heterocycles. The summed E-state index contributed by atoms with van der Waals surface area (Å²) < 4.78 is 5.28. The van der Waals surface area contributed by atoms with Gasteiger partial charge >= 0.3 is 0 Å². The van der Waals surface area contributed by atoms with Crippen molar-refractivity contribution in [3.05, 3.63) is 136 Å². The summed E-state index contributed by atoms with van der Waals surface area (Å²) in [5.41, 5.74) is 3.45. The van der Waals surface area contributed by atoms with Gasteiger partial charge < -0.3 is 15.0 Å². The standard InChI is InChI=1S/C31H29ClN2O3/c1-37-28-18-14-25(15-19-28)22-34(29(35)20-23-8-4-2-5-9-23)30(26-10-6-3-7-11-26)31(36)33-21-24-12-16-27(32)17-13-24/h2-19,30H,20-22H2,1H3,(H,33,36)/t30-/m1/s1. The number of hydrogen-bond acceptors (Lipinski definition) is 3. The molecule has 4 aromatic carbocycles. The van der Waals surface area contributed by atoms with Gasteiger partial charge in [-0.05, 0) is 46.5 Å². The molecule has 0 radical (unpaired) electrons. The molecular formula is C31H29ClN2O3. The van der Waals surface area contributed by atoms with E-state index in [4.69, 9.17) is 16.3 Å². The maximum Gasteiger partial charge on any atom is 0.247 e. The number of nitrogens with one attached hydrogen (secondary N) is 1. The molecule has 1 N–H and O–H groups in total. The summed E-state index contributed by atoms with van der Waals surface area (Å²) in [6.45, 7) is 0.589. The third-order valence-electron chi connectivity index (χ3n) is 6.09. The van der Waals surface area contributed by atoms with E-state index in [1.165, 1.54) is 0 Å². The van der Waals surface area contributed by atoms with Crippen LogP contribution in [0.4, 0.5) is 0 Å². The van der Waals surface area contributed by atoms with Crippen molar-refractivity contribution in [2.75, 3.05) is 7.11 Å².